The van der Waals surface area contributed by atoms with Crippen LogP contribution >= 0.6 is 15.9 Å². The first-order valence-electron chi connectivity index (χ1n) is 9.08. The molecule has 0 radical (unpaired) electrons. The van der Waals surface area contributed by atoms with Crippen molar-refractivity contribution in [3.8, 4) is 0 Å². The van der Waals surface area contributed by atoms with Crippen molar-refractivity contribution in [3.05, 3.63) is 76.3 Å². The van der Waals surface area contributed by atoms with Crippen molar-refractivity contribution in [2.75, 3.05) is 31.6 Å². The van der Waals surface area contributed by atoms with Crippen LogP contribution in [0.1, 0.15) is 15.9 Å². The summed E-state index contributed by atoms with van der Waals surface area (Å²) in [6.45, 7) is 4.45. The predicted octanol–water partition coefficient (Wildman–Crippen LogP) is 4.69. The molecule has 0 atom stereocenters. The van der Waals surface area contributed by atoms with Crippen LogP contribution in [0.3, 0.4) is 0 Å². The van der Waals surface area contributed by atoms with Crippen molar-refractivity contribution in [1.82, 2.24) is 4.90 Å². The number of nitrogens with zero attached hydrogens (tertiary/aromatic N) is 1. The average Bonchev–Trinajstić information content (AvgIpc) is 2.70. The number of carbonyl (C=O) groups excluding carboxylic acids is 1. The van der Waals surface area contributed by atoms with Crippen LogP contribution < -0.4 is 5.32 Å². The van der Waals surface area contributed by atoms with Crippen LogP contribution in [0.2, 0.25) is 0 Å². The molecule has 1 N–H and O–H groups in total. The monoisotopic (exact) mass is 424 g/mol. The third-order valence-electron chi connectivity index (χ3n) is 4.84. The number of carbonyl (C=O) groups is 1. The lowest BCUT2D eigenvalue weighted by Crippen LogP contribution is -2.35. The fourth-order valence-electron chi connectivity index (χ4n) is 3.38. The first kappa shape index (κ1) is 18.2. The number of rotatable bonds is 4. The van der Waals surface area contributed by atoms with Gasteiger partial charge < -0.3 is 10.1 Å². The molecule has 3 aromatic carbocycles. The number of ether oxygens (including phenoxy) is 1. The van der Waals surface area contributed by atoms with Crippen LogP contribution in [0, 0.1) is 0 Å². The first-order valence-corrected chi connectivity index (χ1v) is 9.88. The number of fused-ring (bicyclic) bond motifs is 1. The minimum Gasteiger partial charge on any atom is -0.379 e. The summed E-state index contributed by atoms with van der Waals surface area (Å²) in [5.74, 6) is -0.0976. The van der Waals surface area contributed by atoms with Crippen molar-refractivity contribution in [1.29, 1.82) is 0 Å². The Hall–Kier alpha value is -2.21. The lowest BCUT2D eigenvalue weighted by molar-refractivity contribution is 0.0342. The Morgan fingerprint density at radius 1 is 0.963 bits per heavy atom. The van der Waals surface area contributed by atoms with E-state index in [0.717, 1.165) is 53.8 Å². The predicted molar refractivity (Wildman–Crippen MR) is 112 cm³/mol. The number of morpholine rings is 1. The molecule has 138 valence electrons. The van der Waals surface area contributed by atoms with E-state index in [4.69, 9.17) is 4.74 Å². The molecule has 0 spiro atoms. The second kappa shape index (κ2) is 8.21. The minimum absolute atomic E-state index is 0.0976. The highest BCUT2D eigenvalue weighted by Gasteiger charge is 2.13. The largest absolute Gasteiger partial charge is 0.379 e. The van der Waals surface area contributed by atoms with Crippen molar-refractivity contribution in [3.63, 3.8) is 0 Å². The molecule has 0 bridgehead atoms. The standard InChI is InChI=1S/C22H21BrN2O2/c23-21-6-2-3-18-19(21)4-1-5-20(18)22(26)24-17-9-7-16(8-10-17)15-25-11-13-27-14-12-25/h1-10H,11-15H2,(H,24,26). The second-order valence-corrected chi connectivity index (χ2v) is 7.53. The zero-order valence-corrected chi connectivity index (χ0v) is 16.5. The van der Waals surface area contributed by atoms with Crippen LogP contribution in [0.15, 0.2) is 65.1 Å². The van der Waals surface area contributed by atoms with Crippen molar-refractivity contribution < 1.29 is 9.53 Å². The number of halogens is 1. The van der Waals surface area contributed by atoms with Crippen molar-refractivity contribution >= 4 is 38.3 Å². The van der Waals surface area contributed by atoms with E-state index in [1.165, 1.54) is 5.56 Å². The van der Waals surface area contributed by atoms with Gasteiger partial charge in [-0.05, 0) is 40.6 Å². The highest BCUT2D eigenvalue weighted by Crippen LogP contribution is 2.27. The van der Waals surface area contributed by atoms with E-state index >= 15 is 0 Å². The van der Waals surface area contributed by atoms with Crippen LogP contribution in [0.25, 0.3) is 10.8 Å². The summed E-state index contributed by atoms with van der Waals surface area (Å²) in [7, 11) is 0. The molecule has 0 unspecified atom stereocenters. The normalized spacial score (nSPS) is 15.0. The molecular weight excluding hydrogens is 404 g/mol. The van der Waals surface area contributed by atoms with Crippen molar-refractivity contribution in [2.24, 2.45) is 0 Å². The van der Waals surface area contributed by atoms with Gasteiger partial charge in [-0.15, -0.1) is 0 Å². The summed E-state index contributed by atoms with van der Waals surface area (Å²) >= 11 is 3.55. The van der Waals surface area contributed by atoms with E-state index < -0.39 is 0 Å². The third kappa shape index (κ3) is 4.21. The second-order valence-electron chi connectivity index (χ2n) is 6.68. The molecule has 1 aliphatic heterocycles. The molecule has 1 heterocycles. The van der Waals surface area contributed by atoms with E-state index in [0.29, 0.717) is 5.56 Å². The summed E-state index contributed by atoms with van der Waals surface area (Å²) < 4.78 is 6.38. The molecule has 1 amide bonds. The smallest absolute Gasteiger partial charge is 0.256 e. The number of amides is 1. The van der Waals surface area contributed by atoms with Crippen LogP contribution in [0.4, 0.5) is 5.69 Å². The van der Waals surface area contributed by atoms with Gasteiger partial charge in [0, 0.05) is 35.4 Å². The maximum Gasteiger partial charge on any atom is 0.256 e. The summed E-state index contributed by atoms with van der Waals surface area (Å²) in [6.07, 6.45) is 0. The Labute approximate surface area is 167 Å². The molecule has 3 aromatic rings. The van der Waals surface area contributed by atoms with Gasteiger partial charge in [-0.3, -0.25) is 9.69 Å². The average molecular weight is 425 g/mol. The van der Waals surface area contributed by atoms with E-state index in [9.17, 15) is 4.79 Å². The van der Waals surface area contributed by atoms with E-state index in [1.54, 1.807) is 0 Å². The Kier molecular flexibility index (Phi) is 5.53. The number of hydrogen-bond acceptors (Lipinski definition) is 3. The van der Waals surface area contributed by atoms with Crippen molar-refractivity contribution in [2.45, 2.75) is 6.54 Å². The Morgan fingerprint density at radius 3 is 2.44 bits per heavy atom. The lowest BCUT2D eigenvalue weighted by atomic mass is 10.0. The van der Waals surface area contributed by atoms with Gasteiger partial charge in [-0.1, -0.05) is 52.3 Å². The minimum atomic E-state index is -0.0976. The van der Waals surface area contributed by atoms with Gasteiger partial charge in [0.05, 0.1) is 13.2 Å². The summed E-state index contributed by atoms with van der Waals surface area (Å²) in [6, 6.07) is 19.8. The molecular formula is C22H21BrN2O2. The number of hydrogen-bond donors (Lipinski definition) is 1. The van der Waals surface area contributed by atoms with E-state index in [2.05, 4.69) is 38.3 Å². The number of benzene rings is 3. The summed E-state index contributed by atoms with van der Waals surface area (Å²) in [5, 5.41) is 4.98. The number of nitrogens with one attached hydrogen (secondary N) is 1. The van der Waals surface area contributed by atoms with Gasteiger partial charge >= 0.3 is 0 Å². The Bertz CT molecular complexity index is 950. The molecule has 5 heteroatoms. The number of anilines is 1. The molecule has 4 nitrogen and oxygen atoms in total. The van der Waals surface area contributed by atoms with E-state index in [1.807, 2.05) is 48.5 Å². The van der Waals surface area contributed by atoms with Crippen LogP contribution in [0.5, 0.6) is 0 Å². The highest BCUT2D eigenvalue weighted by molar-refractivity contribution is 9.10. The Balaban J connectivity index is 1.48. The topological polar surface area (TPSA) is 41.6 Å². The van der Waals surface area contributed by atoms with Gasteiger partial charge in [0.15, 0.2) is 0 Å². The lowest BCUT2D eigenvalue weighted by Gasteiger charge is -2.26. The molecule has 1 saturated heterocycles. The maximum atomic E-state index is 12.8. The van der Waals surface area contributed by atoms with Gasteiger partial charge in [0.1, 0.15) is 0 Å². The molecule has 1 aliphatic rings. The highest BCUT2D eigenvalue weighted by atomic mass is 79.9. The van der Waals surface area contributed by atoms with Gasteiger partial charge in [0.25, 0.3) is 5.91 Å². The fraction of sp³-hybridized carbons (Fsp3) is 0.227. The van der Waals surface area contributed by atoms with Crippen LogP contribution in [-0.2, 0) is 11.3 Å². The van der Waals surface area contributed by atoms with E-state index in [-0.39, 0.29) is 5.91 Å². The zero-order valence-electron chi connectivity index (χ0n) is 15.0. The van der Waals surface area contributed by atoms with Gasteiger partial charge in [-0.2, -0.15) is 0 Å². The Morgan fingerprint density at radius 2 is 1.67 bits per heavy atom. The quantitative estimate of drug-likeness (QED) is 0.660. The summed E-state index contributed by atoms with van der Waals surface area (Å²) in [4.78, 5) is 15.2. The molecule has 4 rings (SSSR count). The van der Waals surface area contributed by atoms with Crippen LogP contribution in [-0.4, -0.2) is 37.1 Å². The SMILES string of the molecule is O=C(Nc1ccc(CN2CCOCC2)cc1)c1cccc2c(Br)cccc12. The molecule has 0 saturated carbocycles. The third-order valence-corrected chi connectivity index (χ3v) is 5.53. The zero-order chi connectivity index (χ0) is 18.6. The first-order chi connectivity index (χ1) is 13.2. The van der Waals surface area contributed by atoms with Gasteiger partial charge in [0.2, 0.25) is 0 Å². The summed E-state index contributed by atoms with van der Waals surface area (Å²) in [5.41, 5.74) is 2.72. The van der Waals surface area contributed by atoms with Gasteiger partial charge in [-0.25, -0.2) is 0 Å². The molecule has 0 aliphatic carbocycles. The molecule has 27 heavy (non-hydrogen) atoms. The molecule has 0 aromatic heterocycles. The molecule has 1 fully saturated rings. The fourth-order valence-corrected chi connectivity index (χ4v) is 3.88. The maximum absolute atomic E-state index is 12.8.